The van der Waals surface area contributed by atoms with Crippen molar-refractivity contribution in [1.82, 2.24) is 20.1 Å². The molecule has 2 aromatic heterocycles. The van der Waals surface area contributed by atoms with Crippen molar-refractivity contribution in [1.29, 1.82) is 0 Å². The second-order valence-corrected chi connectivity index (χ2v) is 6.33. The first-order chi connectivity index (χ1) is 12.0. The van der Waals surface area contributed by atoms with Crippen LogP contribution in [0.1, 0.15) is 28.0 Å². The zero-order chi connectivity index (χ0) is 19.9. The maximum absolute atomic E-state index is 12.0. The van der Waals surface area contributed by atoms with Gasteiger partial charge in [0, 0.05) is 12.7 Å². The number of amides is 1. The molecule has 26 heavy (non-hydrogen) atoms. The van der Waals surface area contributed by atoms with Crippen molar-refractivity contribution < 1.29 is 27.9 Å². The van der Waals surface area contributed by atoms with Crippen LogP contribution in [0.4, 0.5) is 18.3 Å². The lowest BCUT2D eigenvalue weighted by molar-refractivity contribution is -0.192. The maximum atomic E-state index is 12.0. The standard InChI is InChI=1S/C12H17N5OS.C2HF3O2/c1-4-10-15-16-12(19-10)14-11(18)9-5-8(6-13-9)7-17(2)3;3-2(4,5)1(6)7/h5-6,13H,4,7H2,1-3H3,(H,14,16,18);(H,6,7). The molecule has 144 valence electrons. The highest BCUT2D eigenvalue weighted by atomic mass is 32.1. The molecule has 0 radical (unpaired) electrons. The molecule has 0 saturated carbocycles. The van der Waals surface area contributed by atoms with Gasteiger partial charge < -0.3 is 15.0 Å². The molecular weight excluding hydrogens is 375 g/mol. The van der Waals surface area contributed by atoms with Crippen LogP contribution in [0.15, 0.2) is 12.3 Å². The number of carbonyl (C=O) groups excluding carboxylic acids is 1. The zero-order valence-electron chi connectivity index (χ0n) is 14.2. The van der Waals surface area contributed by atoms with Crippen LogP contribution >= 0.6 is 11.3 Å². The Bertz CT molecular complexity index is 742. The Kier molecular flexibility index (Phi) is 7.71. The molecule has 8 nitrogen and oxygen atoms in total. The first kappa shape index (κ1) is 21.6. The van der Waals surface area contributed by atoms with Crippen LogP contribution in [0.3, 0.4) is 0 Å². The molecule has 0 unspecified atom stereocenters. The summed E-state index contributed by atoms with van der Waals surface area (Å²) in [5.41, 5.74) is 1.60. The normalized spacial score (nSPS) is 11.0. The number of aromatic nitrogens is 3. The number of aryl methyl sites for hydroxylation is 1. The maximum Gasteiger partial charge on any atom is 0.490 e. The van der Waals surface area contributed by atoms with Gasteiger partial charge in [-0.2, -0.15) is 13.2 Å². The molecule has 3 N–H and O–H groups in total. The number of aromatic amines is 1. The summed E-state index contributed by atoms with van der Waals surface area (Å²) in [7, 11) is 3.97. The molecule has 2 aromatic rings. The topological polar surface area (TPSA) is 111 Å². The molecule has 0 bridgehead atoms. The van der Waals surface area contributed by atoms with Gasteiger partial charge >= 0.3 is 12.1 Å². The summed E-state index contributed by atoms with van der Waals surface area (Å²) in [6.07, 6.45) is -2.42. The Morgan fingerprint density at radius 1 is 1.35 bits per heavy atom. The highest BCUT2D eigenvalue weighted by molar-refractivity contribution is 7.15. The Morgan fingerprint density at radius 3 is 2.42 bits per heavy atom. The van der Waals surface area contributed by atoms with Gasteiger partial charge in [-0.3, -0.25) is 10.1 Å². The number of nitrogens with one attached hydrogen (secondary N) is 2. The van der Waals surface area contributed by atoms with E-state index in [4.69, 9.17) is 9.90 Å². The van der Waals surface area contributed by atoms with E-state index in [1.807, 2.05) is 38.2 Å². The van der Waals surface area contributed by atoms with E-state index in [1.54, 1.807) is 0 Å². The number of aliphatic carboxylic acids is 1. The van der Waals surface area contributed by atoms with Crippen LogP contribution in [0.2, 0.25) is 0 Å². The molecule has 0 saturated heterocycles. The van der Waals surface area contributed by atoms with Crippen molar-refractivity contribution in [3.05, 3.63) is 28.5 Å². The number of carboxylic acids is 1. The van der Waals surface area contributed by atoms with Crippen LogP contribution in [-0.4, -0.2) is 57.3 Å². The van der Waals surface area contributed by atoms with Crippen molar-refractivity contribution in [2.24, 2.45) is 0 Å². The smallest absolute Gasteiger partial charge is 0.475 e. The fraction of sp³-hybridized carbons (Fsp3) is 0.429. The van der Waals surface area contributed by atoms with Crippen molar-refractivity contribution in [2.75, 3.05) is 19.4 Å². The van der Waals surface area contributed by atoms with Crippen molar-refractivity contribution in [2.45, 2.75) is 26.1 Å². The summed E-state index contributed by atoms with van der Waals surface area (Å²) >= 11 is 1.40. The number of hydrogen-bond acceptors (Lipinski definition) is 6. The number of halogens is 3. The second-order valence-electron chi connectivity index (χ2n) is 5.27. The number of alkyl halides is 3. The predicted molar refractivity (Wildman–Crippen MR) is 89.1 cm³/mol. The number of carboxylic acid groups (broad SMARTS) is 1. The minimum Gasteiger partial charge on any atom is -0.475 e. The van der Waals surface area contributed by atoms with Crippen molar-refractivity contribution >= 4 is 28.3 Å². The minimum absolute atomic E-state index is 0.191. The lowest BCUT2D eigenvalue weighted by atomic mass is 10.3. The molecule has 2 rings (SSSR count). The molecule has 0 spiro atoms. The van der Waals surface area contributed by atoms with Gasteiger partial charge in [-0.05, 0) is 32.1 Å². The van der Waals surface area contributed by atoms with E-state index in [-0.39, 0.29) is 5.91 Å². The Hall–Kier alpha value is -2.47. The monoisotopic (exact) mass is 393 g/mol. The Morgan fingerprint density at radius 2 is 1.96 bits per heavy atom. The largest absolute Gasteiger partial charge is 0.490 e. The molecule has 0 aliphatic heterocycles. The Balaban J connectivity index is 0.000000412. The fourth-order valence-corrected chi connectivity index (χ4v) is 2.31. The first-order valence-corrected chi connectivity index (χ1v) is 8.10. The lowest BCUT2D eigenvalue weighted by Crippen LogP contribution is -2.21. The fourth-order valence-electron chi connectivity index (χ4n) is 1.64. The summed E-state index contributed by atoms with van der Waals surface area (Å²) in [5, 5.41) is 19.2. The molecule has 12 heteroatoms. The number of nitrogens with zero attached hydrogens (tertiary/aromatic N) is 3. The van der Waals surface area contributed by atoms with Gasteiger partial charge in [-0.25, -0.2) is 4.79 Å². The van der Waals surface area contributed by atoms with E-state index in [0.29, 0.717) is 10.8 Å². The van der Waals surface area contributed by atoms with Crippen molar-refractivity contribution in [3.63, 3.8) is 0 Å². The first-order valence-electron chi connectivity index (χ1n) is 7.28. The molecule has 0 aromatic carbocycles. The van der Waals surface area contributed by atoms with E-state index in [0.717, 1.165) is 23.5 Å². The van der Waals surface area contributed by atoms with Gasteiger partial charge in [0.25, 0.3) is 5.91 Å². The number of carbonyl (C=O) groups is 2. The molecule has 1 amide bonds. The van der Waals surface area contributed by atoms with Crippen LogP contribution in [0.5, 0.6) is 0 Å². The third kappa shape index (κ3) is 7.19. The van der Waals surface area contributed by atoms with E-state index < -0.39 is 12.1 Å². The molecular formula is C14H18F3N5O3S. The summed E-state index contributed by atoms with van der Waals surface area (Å²) in [4.78, 5) is 25.9. The van der Waals surface area contributed by atoms with Gasteiger partial charge in [0.15, 0.2) is 0 Å². The lowest BCUT2D eigenvalue weighted by Gasteiger charge is -2.06. The third-order valence-corrected chi connectivity index (χ3v) is 3.70. The van der Waals surface area contributed by atoms with Gasteiger partial charge in [0.05, 0.1) is 0 Å². The highest BCUT2D eigenvalue weighted by Crippen LogP contribution is 2.16. The zero-order valence-corrected chi connectivity index (χ0v) is 15.0. The molecule has 2 heterocycles. The molecule has 0 aliphatic rings. The molecule has 0 fully saturated rings. The van der Waals surface area contributed by atoms with Crippen LogP contribution in [0.25, 0.3) is 0 Å². The van der Waals surface area contributed by atoms with E-state index in [1.165, 1.54) is 11.3 Å². The van der Waals surface area contributed by atoms with E-state index in [2.05, 4.69) is 20.5 Å². The number of rotatable bonds is 5. The minimum atomic E-state index is -5.08. The number of anilines is 1. The highest BCUT2D eigenvalue weighted by Gasteiger charge is 2.38. The van der Waals surface area contributed by atoms with Crippen LogP contribution in [0, 0.1) is 0 Å². The predicted octanol–water partition coefficient (Wildman–Crippen LogP) is 2.38. The van der Waals surface area contributed by atoms with Gasteiger partial charge in [0.1, 0.15) is 10.7 Å². The SMILES string of the molecule is CCc1nnc(NC(=O)c2cc(CN(C)C)c[nH]2)s1.O=C(O)C(F)(F)F. The van der Waals surface area contributed by atoms with E-state index >= 15 is 0 Å². The summed E-state index contributed by atoms with van der Waals surface area (Å²) in [5.74, 6) is -2.95. The summed E-state index contributed by atoms with van der Waals surface area (Å²) < 4.78 is 31.7. The molecule has 0 aliphatic carbocycles. The summed E-state index contributed by atoms with van der Waals surface area (Å²) in [6.45, 7) is 2.80. The Labute approximate surface area is 151 Å². The summed E-state index contributed by atoms with van der Waals surface area (Å²) in [6, 6.07) is 1.84. The average Bonchev–Trinajstić information content (AvgIpc) is 3.15. The average molecular weight is 393 g/mol. The van der Waals surface area contributed by atoms with Gasteiger partial charge in [0.2, 0.25) is 5.13 Å². The second kappa shape index (κ2) is 9.29. The molecule has 0 atom stereocenters. The van der Waals surface area contributed by atoms with Crippen LogP contribution < -0.4 is 5.32 Å². The van der Waals surface area contributed by atoms with Crippen molar-refractivity contribution in [3.8, 4) is 0 Å². The third-order valence-electron chi connectivity index (χ3n) is 2.72. The quantitative estimate of drug-likeness (QED) is 0.719. The number of hydrogen-bond donors (Lipinski definition) is 3. The van der Waals surface area contributed by atoms with Gasteiger partial charge in [-0.15, -0.1) is 10.2 Å². The van der Waals surface area contributed by atoms with Gasteiger partial charge in [-0.1, -0.05) is 18.3 Å². The van der Waals surface area contributed by atoms with Crippen LogP contribution in [-0.2, 0) is 17.8 Å². The number of H-pyrrole nitrogens is 1. The van der Waals surface area contributed by atoms with E-state index in [9.17, 15) is 18.0 Å².